The van der Waals surface area contributed by atoms with Crippen molar-refractivity contribution in [3.05, 3.63) is 0 Å². The Morgan fingerprint density at radius 1 is 1.50 bits per heavy atom. The SMILES string of the molecule is CCC[C@@H](N)C(=O)NCC(C)(C)CCCO. The number of carbonyl (C=O) groups is 1. The lowest BCUT2D eigenvalue weighted by Crippen LogP contribution is -2.44. The summed E-state index contributed by atoms with van der Waals surface area (Å²) in [5.41, 5.74) is 5.72. The van der Waals surface area contributed by atoms with E-state index in [1.54, 1.807) is 0 Å². The molecule has 4 N–H and O–H groups in total. The van der Waals surface area contributed by atoms with Crippen molar-refractivity contribution in [3.8, 4) is 0 Å². The summed E-state index contributed by atoms with van der Waals surface area (Å²) < 4.78 is 0. The summed E-state index contributed by atoms with van der Waals surface area (Å²) in [6, 6.07) is -0.390. The van der Waals surface area contributed by atoms with E-state index in [0.29, 0.717) is 6.54 Å². The minimum atomic E-state index is -0.390. The topological polar surface area (TPSA) is 75.4 Å². The van der Waals surface area contributed by atoms with E-state index in [0.717, 1.165) is 25.7 Å². The van der Waals surface area contributed by atoms with E-state index >= 15 is 0 Å². The third-order valence-corrected chi connectivity index (χ3v) is 2.69. The van der Waals surface area contributed by atoms with Crippen LogP contribution in [0, 0.1) is 5.41 Å². The van der Waals surface area contributed by atoms with Gasteiger partial charge < -0.3 is 16.2 Å². The zero-order valence-electron chi connectivity index (χ0n) is 10.8. The Morgan fingerprint density at radius 2 is 2.12 bits per heavy atom. The van der Waals surface area contributed by atoms with Crippen LogP contribution in [-0.2, 0) is 4.79 Å². The summed E-state index contributed by atoms with van der Waals surface area (Å²) in [7, 11) is 0. The Kier molecular flexibility index (Phi) is 7.34. The Labute approximate surface area is 98.6 Å². The summed E-state index contributed by atoms with van der Waals surface area (Å²) in [5.74, 6) is -0.0704. The normalized spacial score (nSPS) is 13.6. The summed E-state index contributed by atoms with van der Waals surface area (Å²) in [5, 5.41) is 11.6. The highest BCUT2D eigenvalue weighted by Gasteiger charge is 2.20. The van der Waals surface area contributed by atoms with Gasteiger partial charge in [-0.05, 0) is 24.7 Å². The van der Waals surface area contributed by atoms with E-state index in [4.69, 9.17) is 10.8 Å². The van der Waals surface area contributed by atoms with Gasteiger partial charge in [0.2, 0.25) is 5.91 Å². The molecule has 0 radical (unpaired) electrons. The van der Waals surface area contributed by atoms with Crippen LogP contribution in [0.25, 0.3) is 0 Å². The molecule has 0 aromatic carbocycles. The Balaban J connectivity index is 3.89. The van der Waals surface area contributed by atoms with Crippen LogP contribution >= 0.6 is 0 Å². The smallest absolute Gasteiger partial charge is 0.236 e. The van der Waals surface area contributed by atoms with E-state index in [-0.39, 0.29) is 17.9 Å². The number of carbonyl (C=O) groups excluding carboxylic acids is 1. The van der Waals surface area contributed by atoms with Gasteiger partial charge in [0, 0.05) is 13.2 Å². The average molecular weight is 230 g/mol. The molecule has 0 aliphatic rings. The number of aliphatic hydroxyl groups excluding tert-OH is 1. The van der Waals surface area contributed by atoms with Gasteiger partial charge in [0.15, 0.2) is 0 Å². The predicted octanol–water partition coefficient (Wildman–Crippen LogP) is 1.03. The number of aliphatic hydroxyl groups is 1. The van der Waals surface area contributed by atoms with Crippen molar-refractivity contribution in [2.75, 3.05) is 13.2 Å². The standard InChI is InChI=1S/C12H26N2O2/c1-4-6-10(13)11(16)14-9-12(2,3)7-5-8-15/h10,15H,4-9,13H2,1-3H3,(H,14,16)/t10-/m1/s1. The van der Waals surface area contributed by atoms with Crippen LogP contribution in [0.5, 0.6) is 0 Å². The third-order valence-electron chi connectivity index (χ3n) is 2.69. The monoisotopic (exact) mass is 230 g/mol. The van der Waals surface area contributed by atoms with Gasteiger partial charge in [0.1, 0.15) is 0 Å². The quantitative estimate of drug-likeness (QED) is 0.583. The van der Waals surface area contributed by atoms with Crippen LogP contribution in [0.15, 0.2) is 0 Å². The molecule has 96 valence electrons. The first kappa shape index (κ1) is 15.4. The second kappa shape index (κ2) is 7.63. The molecule has 0 unspecified atom stereocenters. The molecule has 0 saturated heterocycles. The number of nitrogens with two attached hydrogens (primary N) is 1. The second-order valence-corrected chi connectivity index (χ2v) is 5.10. The molecule has 0 heterocycles. The Hall–Kier alpha value is -0.610. The number of hydrogen-bond donors (Lipinski definition) is 3. The molecule has 0 aromatic heterocycles. The van der Waals surface area contributed by atoms with Crippen molar-refractivity contribution in [1.82, 2.24) is 5.32 Å². The van der Waals surface area contributed by atoms with E-state index < -0.39 is 6.04 Å². The molecule has 0 aromatic rings. The van der Waals surface area contributed by atoms with Crippen molar-refractivity contribution in [2.24, 2.45) is 11.1 Å². The number of rotatable bonds is 8. The average Bonchev–Trinajstić information content (AvgIpc) is 2.23. The van der Waals surface area contributed by atoms with E-state index in [9.17, 15) is 4.79 Å². The molecular weight excluding hydrogens is 204 g/mol. The predicted molar refractivity (Wildman–Crippen MR) is 66.0 cm³/mol. The van der Waals surface area contributed by atoms with Crippen LogP contribution in [0.3, 0.4) is 0 Å². The van der Waals surface area contributed by atoms with E-state index in [1.165, 1.54) is 0 Å². The molecule has 0 rings (SSSR count). The van der Waals surface area contributed by atoms with Crippen molar-refractivity contribution < 1.29 is 9.90 Å². The minimum absolute atomic E-state index is 0.0182. The lowest BCUT2D eigenvalue weighted by Gasteiger charge is -2.25. The van der Waals surface area contributed by atoms with Crippen molar-refractivity contribution in [2.45, 2.75) is 52.5 Å². The largest absolute Gasteiger partial charge is 0.396 e. The molecule has 0 fully saturated rings. The fourth-order valence-electron chi connectivity index (χ4n) is 1.55. The zero-order valence-corrected chi connectivity index (χ0v) is 10.8. The van der Waals surface area contributed by atoms with Gasteiger partial charge in [-0.25, -0.2) is 0 Å². The summed E-state index contributed by atoms with van der Waals surface area (Å²) >= 11 is 0. The van der Waals surface area contributed by atoms with Gasteiger partial charge in [-0.15, -0.1) is 0 Å². The maximum absolute atomic E-state index is 11.6. The van der Waals surface area contributed by atoms with Gasteiger partial charge in [0.25, 0.3) is 0 Å². The van der Waals surface area contributed by atoms with Crippen LogP contribution in [0.4, 0.5) is 0 Å². The third kappa shape index (κ3) is 6.80. The summed E-state index contributed by atoms with van der Waals surface area (Å²) in [4.78, 5) is 11.6. The van der Waals surface area contributed by atoms with Crippen LogP contribution in [-0.4, -0.2) is 30.2 Å². The van der Waals surface area contributed by atoms with E-state index in [1.807, 2.05) is 6.92 Å². The summed E-state index contributed by atoms with van der Waals surface area (Å²) in [6.45, 7) is 6.98. The fourth-order valence-corrected chi connectivity index (χ4v) is 1.55. The van der Waals surface area contributed by atoms with E-state index in [2.05, 4.69) is 19.2 Å². The molecule has 0 spiro atoms. The molecule has 0 saturated carbocycles. The van der Waals surface area contributed by atoms with Gasteiger partial charge in [-0.3, -0.25) is 4.79 Å². The lowest BCUT2D eigenvalue weighted by molar-refractivity contribution is -0.123. The molecule has 0 aliphatic carbocycles. The van der Waals surface area contributed by atoms with Crippen molar-refractivity contribution in [3.63, 3.8) is 0 Å². The van der Waals surface area contributed by atoms with Gasteiger partial charge in [-0.2, -0.15) is 0 Å². The number of nitrogens with one attached hydrogen (secondary N) is 1. The molecule has 4 heteroatoms. The molecule has 0 aliphatic heterocycles. The molecule has 4 nitrogen and oxygen atoms in total. The van der Waals surface area contributed by atoms with Gasteiger partial charge in [0.05, 0.1) is 6.04 Å². The lowest BCUT2D eigenvalue weighted by atomic mass is 9.88. The Morgan fingerprint density at radius 3 is 2.62 bits per heavy atom. The summed E-state index contributed by atoms with van der Waals surface area (Å²) in [6.07, 6.45) is 3.31. The van der Waals surface area contributed by atoms with Gasteiger partial charge in [-0.1, -0.05) is 27.2 Å². The zero-order chi connectivity index (χ0) is 12.6. The number of hydrogen-bond acceptors (Lipinski definition) is 3. The molecule has 16 heavy (non-hydrogen) atoms. The van der Waals surface area contributed by atoms with Crippen LogP contribution < -0.4 is 11.1 Å². The van der Waals surface area contributed by atoms with Crippen LogP contribution in [0.2, 0.25) is 0 Å². The second-order valence-electron chi connectivity index (χ2n) is 5.10. The van der Waals surface area contributed by atoms with Crippen molar-refractivity contribution >= 4 is 5.91 Å². The molecule has 1 atom stereocenters. The first-order chi connectivity index (χ1) is 7.43. The highest BCUT2D eigenvalue weighted by Crippen LogP contribution is 2.20. The highest BCUT2D eigenvalue weighted by molar-refractivity contribution is 5.81. The van der Waals surface area contributed by atoms with Gasteiger partial charge >= 0.3 is 0 Å². The molecular formula is C12H26N2O2. The fraction of sp³-hybridized carbons (Fsp3) is 0.917. The molecule has 0 bridgehead atoms. The number of amides is 1. The Bertz CT molecular complexity index is 205. The minimum Gasteiger partial charge on any atom is -0.396 e. The highest BCUT2D eigenvalue weighted by atomic mass is 16.2. The van der Waals surface area contributed by atoms with Crippen LogP contribution in [0.1, 0.15) is 46.5 Å². The first-order valence-electron chi connectivity index (χ1n) is 6.07. The maximum Gasteiger partial charge on any atom is 0.236 e. The maximum atomic E-state index is 11.6. The molecule has 1 amide bonds. The van der Waals surface area contributed by atoms with Crippen molar-refractivity contribution in [1.29, 1.82) is 0 Å². The first-order valence-corrected chi connectivity index (χ1v) is 6.07.